The van der Waals surface area contributed by atoms with Crippen molar-refractivity contribution >= 4 is 11.8 Å². The van der Waals surface area contributed by atoms with Gasteiger partial charge in [0.15, 0.2) is 0 Å². The van der Waals surface area contributed by atoms with Crippen LogP contribution >= 0.6 is 0 Å². The Labute approximate surface area is 119 Å². The molecule has 2 aliphatic heterocycles. The molecule has 108 valence electrons. The van der Waals surface area contributed by atoms with E-state index in [0.29, 0.717) is 11.9 Å². The smallest absolute Gasteiger partial charge is 0.410 e. The van der Waals surface area contributed by atoms with Gasteiger partial charge in [-0.25, -0.2) is 4.79 Å². The van der Waals surface area contributed by atoms with Crippen LogP contribution in [0.5, 0.6) is 5.75 Å². The summed E-state index contributed by atoms with van der Waals surface area (Å²) in [4.78, 5) is 16.2. The highest BCUT2D eigenvalue weighted by Crippen LogP contribution is 2.54. The topological polar surface area (TPSA) is 44.8 Å². The molecule has 0 bridgehead atoms. The Morgan fingerprint density at radius 2 is 2.20 bits per heavy atom. The van der Waals surface area contributed by atoms with Gasteiger partial charge in [0.1, 0.15) is 5.75 Å². The van der Waals surface area contributed by atoms with E-state index < -0.39 is 6.09 Å². The van der Waals surface area contributed by atoms with Crippen LogP contribution in [0.4, 0.5) is 10.5 Å². The zero-order valence-electron chi connectivity index (χ0n) is 12.4. The summed E-state index contributed by atoms with van der Waals surface area (Å²) in [6.45, 7) is 3.32. The van der Waals surface area contributed by atoms with E-state index in [9.17, 15) is 4.79 Å². The molecule has 0 unspecified atom stereocenters. The number of benzene rings is 1. The minimum Gasteiger partial charge on any atom is -0.410 e. The molecule has 3 rings (SSSR count). The fraction of sp³-hybridized carbons (Fsp3) is 0.533. The molecular formula is C15H21N3O2. The number of fused-ring (bicyclic) bond motifs is 3. The van der Waals surface area contributed by atoms with Crippen molar-refractivity contribution in [2.75, 3.05) is 32.6 Å². The molecule has 1 aromatic rings. The van der Waals surface area contributed by atoms with E-state index in [2.05, 4.69) is 42.2 Å². The molecule has 5 nitrogen and oxygen atoms in total. The van der Waals surface area contributed by atoms with Crippen LogP contribution in [0, 0.1) is 0 Å². The van der Waals surface area contributed by atoms with E-state index in [4.69, 9.17) is 4.74 Å². The zero-order chi connectivity index (χ0) is 14.5. The highest BCUT2D eigenvalue weighted by Gasteiger charge is 2.53. The van der Waals surface area contributed by atoms with E-state index >= 15 is 0 Å². The monoisotopic (exact) mass is 275 g/mol. The van der Waals surface area contributed by atoms with E-state index in [1.54, 1.807) is 7.05 Å². The van der Waals surface area contributed by atoms with Gasteiger partial charge in [-0.2, -0.15) is 0 Å². The predicted octanol–water partition coefficient (Wildman–Crippen LogP) is 1.77. The third-order valence-corrected chi connectivity index (χ3v) is 4.70. The number of anilines is 1. The van der Waals surface area contributed by atoms with Crippen LogP contribution in [0.3, 0.4) is 0 Å². The van der Waals surface area contributed by atoms with E-state index in [-0.39, 0.29) is 5.41 Å². The molecule has 0 saturated carbocycles. The largest absolute Gasteiger partial charge is 0.412 e. The van der Waals surface area contributed by atoms with Crippen molar-refractivity contribution in [1.29, 1.82) is 0 Å². The Kier molecular flexibility index (Phi) is 2.90. The second-order valence-corrected chi connectivity index (χ2v) is 5.92. The first-order valence-electron chi connectivity index (χ1n) is 6.95. The SMILES string of the molecule is CNC(=O)Oc1cccc2c1[C@@]1(C)CCN(C)[C@H]1N2C. The van der Waals surface area contributed by atoms with Gasteiger partial charge in [0.05, 0.1) is 6.17 Å². The minimum atomic E-state index is -0.417. The molecule has 20 heavy (non-hydrogen) atoms. The molecule has 0 aromatic heterocycles. The summed E-state index contributed by atoms with van der Waals surface area (Å²) in [5.74, 6) is 0.675. The van der Waals surface area contributed by atoms with Crippen LogP contribution < -0.4 is 15.0 Å². The van der Waals surface area contributed by atoms with E-state index in [1.807, 2.05) is 12.1 Å². The lowest BCUT2D eigenvalue weighted by Gasteiger charge is -2.32. The van der Waals surface area contributed by atoms with Gasteiger partial charge in [0.2, 0.25) is 0 Å². The number of hydrogen-bond donors (Lipinski definition) is 1. The maximum atomic E-state index is 11.6. The summed E-state index contributed by atoms with van der Waals surface area (Å²) < 4.78 is 5.47. The molecular weight excluding hydrogens is 254 g/mol. The number of rotatable bonds is 1. The normalized spacial score (nSPS) is 28.2. The molecule has 0 radical (unpaired) electrons. The molecule has 1 fully saturated rings. The molecule has 1 aromatic carbocycles. The summed E-state index contributed by atoms with van der Waals surface area (Å²) in [5, 5.41) is 2.51. The molecule has 1 amide bonds. The van der Waals surface area contributed by atoms with E-state index in [0.717, 1.165) is 24.2 Å². The van der Waals surface area contributed by atoms with Crippen LogP contribution in [-0.4, -0.2) is 44.8 Å². The number of carbonyl (C=O) groups excluding carboxylic acids is 1. The first-order chi connectivity index (χ1) is 9.49. The molecule has 1 saturated heterocycles. The highest BCUT2D eigenvalue weighted by molar-refractivity contribution is 5.75. The van der Waals surface area contributed by atoms with Crippen LogP contribution in [0.25, 0.3) is 0 Å². The van der Waals surface area contributed by atoms with Crippen LogP contribution in [0.15, 0.2) is 18.2 Å². The van der Waals surface area contributed by atoms with Crippen LogP contribution in [0.2, 0.25) is 0 Å². The van der Waals surface area contributed by atoms with Gasteiger partial charge in [-0.05, 0) is 25.6 Å². The Bertz CT molecular complexity index is 560. The lowest BCUT2D eigenvalue weighted by Crippen LogP contribution is -2.45. The van der Waals surface area contributed by atoms with Crippen molar-refractivity contribution < 1.29 is 9.53 Å². The van der Waals surface area contributed by atoms with Gasteiger partial charge in [0.25, 0.3) is 0 Å². The Balaban J connectivity index is 2.10. The molecule has 2 atom stereocenters. The number of amides is 1. The van der Waals surface area contributed by atoms with Gasteiger partial charge in [-0.15, -0.1) is 0 Å². The van der Waals surface area contributed by atoms with Gasteiger partial charge in [0, 0.05) is 37.3 Å². The van der Waals surface area contributed by atoms with Crippen LogP contribution in [0.1, 0.15) is 18.9 Å². The number of nitrogens with one attached hydrogen (secondary N) is 1. The highest BCUT2D eigenvalue weighted by atomic mass is 16.6. The quantitative estimate of drug-likeness (QED) is 0.848. The van der Waals surface area contributed by atoms with Gasteiger partial charge in [-0.3, -0.25) is 4.90 Å². The van der Waals surface area contributed by atoms with Crippen molar-refractivity contribution in [3.8, 4) is 5.75 Å². The zero-order valence-corrected chi connectivity index (χ0v) is 12.4. The summed E-state index contributed by atoms with van der Waals surface area (Å²) in [6.07, 6.45) is 0.978. The lowest BCUT2D eigenvalue weighted by molar-refractivity contribution is 0.201. The first-order valence-corrected chi connectivity index (χ1v) is 6.95. The summed E-state index contributed by atoms with van der Waals surface area (Å²) in [7, 11) is 5.84. The average Bonchev–Trinajstić information content (AvgIpc) is 2.85. The van der Waals surface area contributed by atoms with Gasteiger partial charge in [-0.1, -0.05) is 13.0 Å². The molecule has 1 N–H and O–H groups in total. The standard InChI is InChI=1S/C15H21N3O2/c1-15-8-9-17(3)13(15)18(4)10-6-5-7-11(12(10)15)20-14(19)16-2/h5-7,13H,8-9H2,1-4H3,(H,16,19)/t13-,15+/m0/s1. The molecule has 5 heteroatoms. The maximum Gasteiger partial charge on any atom is 0.412 e. The summed E-state index contributed by atoms with van der Waals surface area (Å²) in [6, 6.07) is 5.93. The third-order valence-electron chi connectivity index (χ3n) is 4.70. The Morgan fingerprint density at radius 3 is 2.90 bits per heavy atom. The van der Waals surface area contributed by atoms with Gasteiger partial charge < -0.3 is 15.0 Å². The number of ether oxygens (including phenoxy) is 1. The van der Waals surface area contributed by atoms with E-state index in [1.165, 1.54) is 0 Å². The van der Waals surface area contributed by atoms with Crippen molar-refractivity contribution in [3.63, 3.8) is 0 Å². The number of likely N-dealkylation sites (N-methyl/N-ethyl adjacent to an activating group) is 2. The van der Waals surface area contributed by atoms with Crippen LogP contribution in [-0.2, 0) is 5.41 Å². The third kappa shape index (κ3) is 1.62. The van der Waals surface area contributed by atoms with Gasteiger partial charge >= 0.3 is 6.09 Å². The maximum absolute atomic E-state index is 11.6. The molecule has 2 aliphatic rings. The molecule has 0 spiro atoms. The summed E-state index contributed by atoms with van der Waals surface area (Å²) >= 11 is 0. The average molecular weight is 275 g/mol. The summed E-state index contributed by atoms with van der Waals surface area (Å²) in [5.41, 5.74) is 2.31. The fourth-order valence-electron chi connectivity index (χ4n) is 3.88. The number of likely N-dealkylation sites (tertiary alicyclic amines) is 1. The van der Waals surface area contributed by atoms with Crippen molar-refractivity contribution in [1.82, 2.24) is 10.2 Å². The molecule has 2 heterocycles. The minimum absolute atomic E-state index is 0.00342. The predicted molar refractivity (Wildman–Crippen MR) is 78.3 cm³/mol. The lowest BCUT2D eigenvalue weighted by atomic mass is 9.81. The second kappa shape index (κ2) is 4.38. The van der Waals surface area contributed by atoms with Crippen molar-refractivity contribution in [2.24, 2.45) is 0 Å². The Morgan fingerprint density at radius 1 is 1.45 bits per heavy atom. The number of nitrogens with zero attached hydrogens (tertiary/aromatic N) is 2. The fourth-order valence-corrected chi connectivity index (χ4v) is 3.88. The first kappa shape index (κ1) is 13.2. The van der Waals surface area contributed by atoms with Crippen molar-refractivity contribution in [3.05, 3.63) is 23.8 Å². The number of carbonyl (C=O) groups is 1. The Hall–Kier alpha value is -1.75. The van der Waals surface area contributed by atoms with Crippen molar-refractivity contribution in [2.45, 2.75) is 24.9 Å². The second-order valence-electron chi connectivity index (χ2n) is 5.92. The number of hydrogen-bond acceptors (Lipinski definition) is 4. The molecule has 0 aliphatic carbocycles.